The Kier molecular flexibility index (Phi) is 9.67. The summed E-state index contributed by atoms with van der Waals surface area (Å²) in [5.41, 5.74) is 8.07. The Labute approximate surface area is 201 Å². The standard InChI is InChI=1S/C23H27N5O3.C3H6/c1-14(2)11-16(12-19(24)29)22(30)27-21-23(31)28(3)18-9-5-4-8-17(18)20(26-21)15-7-6-10-25-13-15;1-3-2/h4-10,13-14,16,21H,11-12H2,1-3H3,(H2,24,29)(H,27,30);3H,1H2,2H3/t16-,21?;/m1./s1. The zero-order valence-corrected chi connectivity index (χ0v) is 20.2. The average Bonchev–Trinajstić information content (AvgIpc) is 2.90. The number of nitrogens with two attached hydrogens (primary N) is 1. The van der Waals surface area contributed by atoms with Crippen LogP contribution in [0.3, 0.4) is 0 Å². The lowest BCUT2D eigenvalue weighted by Crippen LogP contribution is -2.48. The molecule has 1 aliphatic heterocycles. The van der Waals surface area contributed by atoms with Crippen LogP contribution in [-0.4, -0.2) is 41.6 Å². The molecule has 3 rings (SSSR count). The number of benzene rings is 1. The molecule has 0 saturated heterocycles. The first-order chi connectivity index (χ1) is 16.2. The second kappa shape index (κ2) is 12.4. The second-order valence-electron chi connectivity index (χ2n) is 8.45. The van der Waals surface area contributed by atoms with Gasteiger partial charge in [0.05, 0.1) is 11.4 Å². The SMILES string of the molecule is C=CC.CC(C)C[C@H](CC(N)=O)C(=O)NC1N=C(c2cccnc2)c2ccccc2N(C)C1=O. The first-order valence-corrected chi connectivity index (χ1v) is 11.2. The average molecular weight is 464 g/mol. The van der Waals surface area contributed by atoms with Gasteiger partial charge in [-0.1, -0.05) is 38.1 Å². The molecular weight excluding hydrogens is 430 g/mol. The van der Waals surface area contributed by atoms with E-state index in [0.717, 1.165) is 11.1 Å². The summed E-state index contributed by atoms with van der Waals surface area (Å²) in [6, 6.07) is 11.1. The maximum Gasteiger partial charge on any atom is 0.272 e. The fraction of sp³-hybridized carbons (Fsp3) is 0.346. The number of amides is 3. The number of anilines is 1. The predicted molar refractivity (Wildman–Crippen MR) is 134 cm³/mol. The molecule has 2 aromatic rings. The lowest BCUT2D eigenvalue weighted by Gasteiger charge is -2.23. The van der Waals surface area contributed by atoms with Gasteiger partial charge < -0.3 is 16.0 Å². The number of hydrogen-bond acceptors (Lipinski definition) is 5. The molecule has 0 bridgehead atoms. The minimum atomic E-state index is -1.14. The van der Waals surface area contributed by atoms with E-state index in [0.29, 0.717) is 17.8 Å². The number of nitrogens with one attached hydrogen (secondary N) is 1. The van der Waals surface area contributed by atoms with Crippen molar-refractivity contribution in [1.29, 1.82) is 0 Å². The third kappa shape index (κ3) is 6.84. The van der Waals surface area contributed by atoms with E-state index < -0.39 is 23.9 Å². The molecule has 0 spiro atoms. The van der Waals surface area contributed by atoms with Crippen LogP contribution >= 0.6 is 0 Å². The zero-order chi connectivity index (χ0) is 25.3. The van der Waals surface area contributed by atoms with Crippen LogP contribution in [0.5, 0.6) is 0 Å². The quantitative estimate of drug-likeness (QED) is 0.614. The summed E-state index contributed by atoms with van der Waals surface area (Å²) in [5, 5.41) is 2.74. The van der Waals surface area contributed by atoms with Gasteiger partial charge in [-0.2, -0.15) is 0 Å². The molecule has 2 atom stereocenters. The number of allylic oxidation sites excluding steroid dienone is 1. The number of nitrogens with zero attached hydrogens (tertiary/aromatic N) is 3. The van der Waals surface area contributed by atoms with E-state index in [1.54, 1.807) is 31.6 Å². The molecule has 3 N–H and O–H groups in total. The molecule has 0 aliphatic carbocycles. The van der Waals surface area contributed by atoms with Crippen molar-refractivity contribution in [2.75, 3.05) is 11.9 Å². The number of carbonyl (C=O) groups is 3. The van der Waals surface area contributed by atoms with Gasteiger partial charge in [0.1, 0.15) is 0 Å². The summed E-state index contributed by atoms with van der Waals surface area (Å²) >= 11 is 0. The van der Waals surface area contributed by atoms with E-state index in [9.17, 15) is 14.4 Å². The van der Waals surface area contributed by atoms with Crippen molar-refractivity contribution >= 4 is 29.1 Å². The zero-order valence-electron chi connectivity index (χ0n) is 20.2. The van der Waals surface area contributed by atoms with Gasteiger partial charge in [-0.3, -0.25) is 19.4 Å². The maximum absolute atomic E-state index is 13.2. The maximum atomic E-state index is 13.2. The first-order valence-electron chi connectivity index (χ1n) is 11.2. The van der Waals surface area contributed by atoms with E-state index in [-0.39, 0.29) is 18.2 Å². The van der Waals surface area contributed by atoms with Crippen molar-refractivity contribution in [2.24, 2.45) is 22.6 Å². The highest BCUT2D eigenvalue weighted by atomic mass is 16.2. The number of aliphatic imine (C=N–C) groups is 1. The Morgan fingerprint density at radius 3 is 2.50 bits per heavy atom. The van der Waals surface area contributed by atoms with Crippen molar-refractivity contribution in [3.8, 4) is 0 Å². The summed E-state index contributed by atoms with van der Waals surface area (Å²) in [6.45, 7) is 9.17. The van der Waals surface area contributed by atoms with E-state index >= 15 is 0 Å². The van der Waals surface area contributed by atoms with E-state index in [2.05, 4.69) is 21.9 Å². The van der Waals surface area contributed by atoms with E-state index in [1.165, 1.54) is 4.90 Å². The van der Waals surface area contributed by atoms with Gasteiger partial charge in [0.25, 0.3) is 5.91 Å². The van der Waals surface area contributed by atoms with Gasteiger partial charge in [-0.05, 0) is 37.5 Å². The predicted octanol–water partition coefficient (Wildman–Crippen LogP) is 3.07. The van der Waals surface area contributed by atoms with Crippen LogP contribution in [0, 0.1) is 11.8 Å². The van der Waals surface area contributed by atoms with Crippen molar-refractivity contribution in [2.45, 2.75) is 39.8 Å². The number of pyridine rings is 1. The molecule has 3 amide bonds. The molecule has 0 saturated carbocycles. The molecule has 1 aromatic heterocycles. The minimum Gasteiger partial charge on any atom is -0.370 e. The molecule has 180 valence electrons. The highest BCUT2D eigenvalue weighted by Crippen LogP contribution is 2.27. The largest absolute Gasteiger partial charge is 0.370 e. The molecule has 0 radical (unpaired) electrons. The number of aromatic nitrogens is 1. The number of likely N-dealkylation sites (N-methyl/N-ethyl adjacent to an activating group) is 1. The van der Waals surface area contributed by atoms with Gasteiger partial charge >= 0.3 is 0 Å². The summed E-state index contributed by atoms with van der Waals surface area (Å²) in [5.74, 6) is -1.79. The lowest BCUT2D eigenvalue weighted by atomic mass is 9.93. The molecule has 1 aromatic carbocycles. The number of rotatable bonds is 7. The second-order valence-corrected chi connectivity index (χ2v) is 8.45. The third-order valence-corrected chi connectivity index (χ3v) is 5.13. The van der Waals surface area contributed by atoms with Crippen LogP contribution in [0.2, 0.25) is 0 Å². The van der Waals surface area contributed by atoms with Crippen LogP contribution in [-0.2, 0) is 14.4 Å². The topological polar surface area (TPSA) is 118 Å². The number of carbonyl (C=O) groups excluding carboxylic acids is 3. The molecule has 2 heterocycles. The first kappa shape index (κ1) is 26.4. The number of benzodiazepines with no additional fused rings is 1. The molecule has 8 heteroatoms. The summed E-state index contributed by atoms with van der Waals surface area (Å²) in [7, 11) is 1.65. The Bertz CT molecular complexity index is 1050. The Balaban J connectivity index is 0.00000129. The number of hydrogen-bond donors (Lipinski definition) is 2. The molecule has 1 aliphatic rings. The van der Waals surface area contributed by atoms with Crippen LogP contribution in [0.25, 0.3) is 0 Å². The number of fused-ring (bicyclic) bond motifs is 1. The normalized spacial score (nSPS) is 15.8. The van der Waals surface area contributed by atoms with Gasteiger partial charge in [0, 0.05) is 42.9 Å². The fourth-order valence-electron chi connectivity index (χ4n) is 3.70. The summed E-state index contributed by atoms with van der Waals surface area (Å²) < 4.78 is 0. The summed E-state index contributed by atoms with van der Waals surface area (Å²) in [6.07, 6.45) is 4.33. The number of para-hydroxylation sites is 1. The monoisotopic (exact) mass is 463 g/mol. The number of primary amides is 1. The van der Waals surface area contributed by atoms with Crippen molar-refractivity contribution < 1.29 is 14.4 Å². The minimum absolute atomic E-state index is 0.0832. The van der Waals surface area contributed by atoms with Crippen LogP contribution < -0.4 is 16.0 Å². The fourth-order valence-corrected chi connectivity index (χ4v) is 3.70. The van der Waals surface area contributed by atoms with Crippen LogP contribution in [0.4, 0.5) is 5.69 Å². The van der Waals surface area contributed by atoms with E-state index in [1.807, 2.05) is 51.1 Å². The Morgan fingerprint density at radius 2 is 1.91 bits per heavy atom. The van der Waals surface area contributed by atoms with Crippen molar-refractivity contribution in [3.63, 3.8) is 0 Å². The van der Waals surface area contributed by atoms with Crippen molar-refractivity contribution in [3.05, 3.63) is 72.6 Å². The molecular formula is C26H33N5O3. The lowest BCUT2D eigenvalue weighted by molar-refractivity contribution is -0.132. The van der Waals surface area contributed by atoms with Crippen LogP contribution in [0.15, 0.2) is 66.4 Å². The van der Waals surface area contributed by atoms with Gasteiger partial charge in [0.15, 0.2) is 0 Å². The van der Waals surface area contributed by atoms with Crippen molar-refractivity contribution in [1.82, 2.24) is 10.3 Å². The van der Waals surface area contributed by atoms with Gasteiger partial charge in [-0.25, -0.2) is 4.99 Å². The Hall–Kier alpha value is -3.81. The highest BCUT2D eigenvalue weighted by Gasteiger charge is 2.33. The molecule has 1 unspecified atom stereocenters. The van der Waals surface area contributed by atoms with Crippen LogP contribution in [0.1, 0.15) is 44.7 Å². The smallest absolute Gasteiger partial charge is 0.272 e. The summed E-state index contributed by atoms with van der Waals surface area (Å²) in [4.78, 5) is 47.9. The Morgan fingerprint density at radius 1 is 1.24 bits per heavy atom. The van der Waals surface area contributed by atoms with Gasteiger partial charge in [-0.15, -0.1) is 6.58 Å². The third-order valence-electron chi connectivity index (χ3n) is 5.13. The van der Waals surface area contributed by atoms with Gasteiger partial charge in [0.2, 0.25) is 18.0 Å². The molecule has 34 heavy (non-hydrogen) atoms. The van der Waals surface area contributed by atoms with E-state index in [4.69, 9.17) is 5.73 Å². The highest BCUT2D eigenvalue weighted by molar-refractivity contribution is 6.20. The molecule has 8 nitrogen and oxygen atoms in total. The molecule has 0 fully saturated rings.